The van der Waals surface area contributed by atoms with Crippen LogP contribution in [0.4, 0.5) is 0 Å². The topological polar surface area (TPSA) is 149 Å². The first kappa shape index (κ1) is 35.7. The monoisotopic (exact) mass is 557 g/mol. The highest BCUT2D eigenvalue weighted by molar-refractivity contribution is 5.76. The number of allylic oxidation sites excluding steroid dienone is 3. The van der Waals surface area contributed by atoms with Crippen molar-refractivity contribution in [3.05, 3.63) is 24.3 Å². The number of hydrogen-bond donors (Lipinski definition) is 6. The van der Waals surface area contributed by atoms with Crippen molar-refractivity contribution in [2.24, 2.45) is 0 Å². The Kier molecular flexibility index (Phi) is 20.5. The second-order valence-corrected chi connectivity index (χ2v) is 10.5. The number of carbonyl (C=O) groups excluding carboxylic acids is 1. The molecule has 39 heavy (non-hydrogen) atoms. The first-order valence-electron chi connectivity index (χ1n) is 15.1. The van der Waals surface area contributed by atoms with Crippen LogP contribution in [0.1, 0.15) is 104 Å². The molecular formula is C30H55NO8. The fraction of sp³-hybridized carbons (Fsp3) is 0.833. The Hall–Kier alpha value is -1.33. The molecule has 1 fully saturated rings. The van der Waals surface area contributed by atoms with E-state index in [2.05, 4.69) is 24.4 Å². The van der Waals surface area contributed by atoms with Crippen molar-refractivity contribution < 1.29 is 39.8 Å². The van der Waals surface area contributed by atoms with Crippen LogP contribution in [0.25, 0.3) is 0 Å². The molecule has 0 aromatic carbocycles. The zero-order chi connectivity index (χ0) is 28.9. The smallest absolute Gasteiger partial charge is 0.220 e. The summed E-state index contributed by atoms with van der Waals surface area (Å²) in [5.41, 5.74) is 0. The molecule has 1 heterocycles. The van der Waals surface area contributed by atoms with Crippen LogP contribution >= 0.6 is 0 Å². The number of aliphatic hydroxyl groups excluding tert-OH is 5. The lowest BCUT2D eigenvalue weighted by atomic mass is 9.99. The van der Waals surface area contributed by atoms with E-state index in [1.54, 1.807) is 6.08 Å². The first-order valence-corrected chi connectivity index (χ1v) is 15.1. The van der Waals surface area contributed by atoms with Crippen molar-refractivity contribution in [3.63, 3.8) is 0 Å². The number of unbranched alkanes of at least 4 members (excludes halogenated alkanes) is 10. The summed E-state index contributed by atoms with van der Waals surface area (Å²) in [5.74, 6) is -0.244. The van der Waals surface area contributed by atoms with Gasteiger partial charge >= 0.3 is 0 Å². The normalized spacial score (nSPS) is 25.4. The van der Waals surface area contributed by atoms with Crippen LogP contribution in [0.5, 0.6) is 0 Å². The molecule has 0 spiro atoms. The highest BCUT2D eigenvalue weighted by Gasteiger charge is 2.44. The third kappa shape index (κ3) is 15.3. The largest absolute Gasteiger partial charge is 0.394 e. The Labute approximate surface area is 235 Å². The predicted octanol–water partition coefficient (Wildman–Crippen LogP) is 3.26. The van der Waals surface area contributed by atoms with Crippen LogP contribution in [0.15, 0.2) is 24.3 Å². The zero-order valence-electron chi connectivity index (χ0n) is 24.1. The second kappa shape index (κ2) is 22.4. The van der Waals surface area contributed by atoms with Crippen LogP contribution < -0.4 is 5.32 Å². The molecule has 1 rings (SSSR count). The molecule has 0 bridgehead atoms. The van der Waals surface area contributed by atoms with Gasteiger partial charge in [-0.2, -0.15) is 0 Å². The molecule has 1 saturated heterocycles. The molecule has 7 unspecified atom stereocenters. The van der Waals surface area contributed by atoms with E-state index in [4.69, 9.17) is 9.47 Å². The molecule has 7 atom stereocenters. The average molecular weight is 558 g/mol. The number of nitrogens with one attached hydrogen (secondary N) is 1. The number of rotatable bonds is 22. The summed E-state index contributed by atoms with van der Waals surface area (Å²) in [6.45, 7) is 3.34. The molecule has 0 aliphatic carbocycles. The van der Waals surface area contributed by atoms with E-state index >= 15 is 0 Å². The quantitative estimate of drug-likeness (QED) is 0.0878. The van der Waals surface area contributed by atoms with Crippen LogP contribution in [-0.2, 0) is 14.3 Å². The molecule has 0 radical (unpaired) electrons. The van der Waals surface area contributed by atoms with E-state index in [1.165, 1.54) is 57.8 Å². The number of carbonyl (C=O) groups is 1. The standard InChI is InChI=1S/C30H55NO8/c1-3-5-6-7-8-9-10-11-12-13-14-15-16-17-18-20-24(33)23(31-26(34)19-4-2)22-38-30-29(37)28(36)27(35)25(21-32)39-30/h14-15,18,20,23-25,27-30,32-33,35-37H,3-13,16-17,19,21-22H2,1-2H3,(H,31,34)/b15-14+,20-18+. The highest BCUT2D eigenvalue weighted by atomic mass is 16.7. The van der Waals surface area contributed by atoms with Gasteiger partial charge in [0.15, 0.2) is 6.29 Å². The molecule has 1 amide bonds. The van der Waals surface area contributed by atoms with Gasteiger partial charge in [-0.3, -0.25) is 4.79 Å². The zero-order valence-corrected chi connectivity index (χ0v) is 24.1. The SMILES string of the molecule is CCCCCCCCCCC/C=C/CC/C=C/C(O)C(COC1OC(CO)C(O)C(O)C1O)NC(=O)CCC. The van der Waals surface area contributed by atoms with Gasteiger partial charge in [0.05, 0.1) is 25.4 Å². The molecule has 0 aromatic heterocycles. The van der Waals surface area contributed by atoms with E-state index in [1.807, 2.05) is 13.0 Å². The lowest BCUT2D eigenvalue weighted by Gasteiger charge is -2.40. The minimum absolute atomic E-state index is 0.206. The minimum Gasteiger partial charge on any atom is -0.394 e. The molecule has 1 aliphatic rings. The van der Waals surface area contributed by atoms with Gasteiger partial charge in [0, 0.05) is 6.42 Å². The summed E-state index contributed by atoms with van der Waals surface area (Å²) in [7, 11) is 0. The fourth-order valence-corrected chi connectivity index (χ4v) is 4.51. The maximum Gasteiger partial charge on any atom is 0.220 e. The van der Waals surface area contributed by atoms with Gasteiger partial charge in [0.1, 0.15) is 24.4 Å². The van der Waals surface area contributed by atoms with E-state index in [-0.39, 0.29) is 18.9 Å². The summed E-state index contributed by atoms with van der Waals surface area (Å²) in [4.78, 5) is 12.2. The Morgan fingerprint density at radius 2 is 1.46 bits per heavy atom. The Morgan fingerprint density at radius 1 is 0.846 bits per heavy atom. The van der Waals surface area contributed by atoms with Gasteiger partial charge in [0.2, 0.25) is 5.91 Å². The van der Waals surface area contributed by atoms with Crippen LogP contribution in [-0.4, -0.2) is 87.5 Å². The van der Waals surface area contributed by atoms with Crippen molar-refractivity contribution in [3.8, 4) is 0 Å². The fourth-order valence-electron chi connectivity index (χ4n) is 4.51. The van der Waals surface area contributed by atoms with Crippen molar-refractivity contribution in [2.75, 3.05) is 13.2 Å². The van der Waals surface area contributed by atoms with Gasteiger partial charge in [-0.05, 0) is 32.1 Å². The average Bonchev–Trinajstić information content (AvgIpc) is 2.92. The Bertz CT molecular complexity index is 671. The summed E-state index contributed by atoms with van der Waals surface area (Å²) >= 11 is 0. The summed E-state index contributed by atoms with van der Waals surface area (Å²) in [5, 5.41) is 52.8. The van der Waals surface area contributed by atoms with Crippen LogP contribution in [0.2, 0.25) is 0 Å². The summed E-state index contributed by atoms with van der Waals surface area (Å²) in [6.07, 6.45) is 15.3. The number of hydrogen-bond acceptors (Lipinski definition) is 8. The van der Waals surface area contributed by atoms with E-state index < -0.39 is 49.5 Å². The minimum atomic E-state index is -1.56. The first-order chi connectivity index (χ1) is 18.8. The van der Waals surface area contributed by atoms with E-state index in [0.717, 1.165) is 19.3 Å². The van der Waals surface area contributed by atoms with Crippen LogP contribution in [0, 0.1) is 0 Å². The molecular weight excluding hydrogens is 502 g/mol. The third-order valence-corrected chi connectivity index (χ3v) is 7.00. The van der Waals surface area contributed by atoms with Gasteiger partial charge in [-0.1, -0.05) is 89.5 Å². The van der Waals surface area contributed by atoms with E-state index in [0.29, 0.717) is 6.42 Å². The third-order valence-electron chi connectivity index (χ3n) is 7.00. The molecule has 9 nitrogen and oxygen atoms in total. The molecule has 0 aromatic rings. The molecule has 9 heteroatoms. The molecule has 0 saturated carbocycles. The van der Waals surface area contributed by atoms with Gasteiger partial charge in [0.25, 0.3) is 0 Å². The molecule has 1 aliphatic heterocycles. The highest BCUT2D eigenvalue weighted by Crippen LogP contribution is 2.22. The van der Waals surface area contributed by atoms with Crippen molar-refractivity contribution >= 4 is 5.91 Å². The Balaban J connectivity index is 2.40. The molecule has 6 N–H and O–H groups in total. The van der Waals surface area contributed by atoms with Crippen molar-refractivity contribution in [1.29, 1.82) is 0 Å². The maximum atomic E-state index is 12.2. The Morgan fingerprint density at radius 3 is 2.10 bits per heavy atom. The summed E-state index contributed by atoms with van der Waals surface area (Å²) in [6, 6.07) is -0.810. The predicted molar refractivity (Wildman–Crippen MR) is 152 cm³/mol. The van der Waals surface area contributed by atoms with Gasteiger partial charge in [-0.15, -0.1) is 0 Å². The van der Waals surface area contributed by atoms with E-state index in [9.17, 15) is 30.3 Å². The van der Waals surface area contributed by atoms with Crippen LogP contribution in [0.3, 0.4) is 0 Å². The second-order valence-electron chi connectivity index (χ2n) is 10.5. The lowest BCUT2D eigenvalue weighted by molar-refractivity contribution is -0.302. The number of ether oxygens (including phenoxy) is 2. The number of amides is 1. The van der Waals surface area contributed by atoms with Gasteiger partial charge < -0.3 is 40.3 Å². The molecule has 228 valence electrons. The number of aliphatic hydroxyl groups is 5. The van der Waals surface area contributed by atoms with Crippen molar-refractivity contribution in [1.82, 2.24) is 5.32 Å². The maximum absolute atomic E-state index is 12.2. The summed E-state index contributed by atoms with van der Waals surface area (Å²) < 4.78 is 10.9. The van der Waals surface area contributed by atoms with Gasteiger partial charge in [-0.25, -0.2) is 0 Å². The van der Waals surface area contributed by atoms with Crippen molar-refractivity contribution in [2.45, 2.75) is 147 Å². The lowest BCUT2D eigenvalue weighted by Crippen LogP contribution is -2.60.